The van der Waals surface area contributed by atoms with E-state index in [4.69, 9.17) is 20.8 Å². The van der Waals surface area contributed by atoms with Gasteiger partial charge in [-0.3, -0.25) is 4.79 Å². The summed E-state index contributed by atoms with van der Waals surface area (Å²) in [4.78, 5) is 17.0. The quantitative estimate of drug-likeness (QED) is 0.408. The van der Waals surface area contributed by atoms with Gasteiger partial charge in [0.15, 0.2) is 11.5 Å². The highest BCUT2D eigenvalue weighted by atomic mass is 35.5. The summed E-state index contributed by atoms with van der Waals surface area (Å²) in [6.07, 6.45) is 0.601. The second-order valence-electron chi connectivity index (χ2n) is 7.24. The van der Waals surface area contributed by atoms with Crippen molar-refractivity contribution in [2.24, 2.45) is 0 Å². The van der Waals surface area contributed by atoms with Crippen LogP contribution < -0.4 is 10.1 Å². The van der Waals surface area contributed by atoms with Crippen LogP contribution in [0.15, 0.2) is 71.1 Å². The molecular weight excluding hydrogens is 400 g/mol. The number of aromatic nitrogens is 1. The van der Waals surface area contributed by atoms with E-state index in [1.165, 1.54) is 0 Å². The van der Waals surface area contributed by atoms with Crippen molar-refractivity contribution in [3.8, 4) is 5.75 Å². The van der Waals surface area contributed by atoms with E-state index in [2.05, 4.69) is 10.3 Å². The summed E-state index contributed by atoms with van der Waals surface area (Å²) in [6, 6.07) is 20.1. The van der Waals surface area contributed by atoms with E-state index in [0.29, 0.717) is 39.9 Å². The number of hydrogen-bond donors (Lipinski definition) is 1. The zero-order valence-electron chi connectivity index (χ0n) is 16.7. The summed E-state index contributed by atoms with van der Waals surface area (Å²) in [5.74, 6) is 1.10. The Kier molecular flexibility index (Phi) is 5.72. The van der Waals surface area contributed by atoms with Crippen LogP contribution in [0.1, 0.15) is 35.7 Å². The molecule has 0 aliphatic heterocycles. The maximum absolute atomic E-state index is 12.6. The summed E-state index contributed by atoms with van der Waals surface area (Å²) in [5.41, 5.74) is 3.73. The van der Waals surface area contributed by atoms with Crippen molar-refractivity contribution in [3.63, 3.8) is 0 Å². The largest absolute Gasteiger partial charge is 0.491 e. The average molecular weight is 421 g/mol. The second-order valence-corrected chi connectivity index (χ2v) is 7.68. The zero-order chi connectivity index (χ0) is 21.1. The van der Waals surface area contributed by atoms with E-state index in [1.54, 1.807) is 24.3 Å². The second kappa shape index (κ2) is 8.59. The maximum Gasteiger partial charge on any atom is 0.255 e. The van der Waals surface area contributed by atoms with Gasteiger partial charge in [-0.15, -0.1) is 0 Å². The maximum atomic E-state index is 12.6. The summed E-state index contributed by atoms with van der Waals surface area (Å²) in [6.45, 7) is 3.90. The molecule has 1 amide bonds. The molecule has 3 aromatic carbocycles. The number of fused-ring (bicyclic) bond motifs is 1. The SMILES string of the molecule is CC(C)Oc1cccc(C(=O)Nc2ccc(Cc3nc4cc(Cl)ccc4o3)cc2)c1. The zero-order valence-corrected chi connectivity index (χ0v) is 17.4. The fourth-order valence-electron chi connectivity index (χ4n) is 3.09. The predicted octanol–water partition coefficient (Wildman–Crippen LogP) is 6.11. The Morgan fingerprint density at radius 3 is 2.67 bits per heavy atom. The van der Waals surface area contributed by atoms with Crippen LogP contribution in [-0.4, -0.2) is 17.0 Å². The van der Waals surface area contributed by atoms with Gasteiger partial charge in [0.05, 0.1) is 6.10 Å². The minimum atomic E-state index is -0.187. The number of carbonyl (C=O) groups excluding carboxylic acids is 1. The molecule has 4 rings (SSSR count). The monoisotopic (exact) mass is 420 g/mol. The minimum absolute atomic E-state index is 0.0501. The van der Waals surface area contributed by atoms with Crippen LogP contribution in [-0.2, 0) is 6.42 Å². The highest BCUT2D eigenvalue weighted by Crippen LogP contribution is 2.22. The molecule has 0 radical (unpaired) electrons. The Balaban J connectivity index is 1.42. The van der Waals surface area contributed by atoms with Gasteiger partial charge in [-0.25, -0.2) is 4.98 Å². The number of benzene rings is 3. The van der Waals surface area contributed by atoms with Crippen molar-refractivity contribution in [2.45, 2.75) is 26.4 Å². The Morgan fingerprint density at radius 2 is 1.90 bits per heavy atom. The number of rotatable bonds is 6. The smallest absolute Gasteiger partial charge is 0.255 e. The lowest BCUT2D eigenvalue weighted by Crippen LogP contribution is -2.12. The number of halogens is 1. The molecule has 0 bridgehead atoms. The van der Waals surface area contributed by atoms with Crippen LogP contribution in [0.4, 0.5) is 5.69 Å². The minimum Gasteiger partial charge on any atom is -0.491 e. The number of hydrogen-bond acceptors (Lipinski definition) is 4. The molecule has 0 fully saturated rings. The lowest BCUT2D eigenvalue weighted by molar-refractivity contribution is 0.102. The summed E-state index contributed by atoms with van der Waals surface area (Å²) >= 11 is 6.00. The van der Waals surface area contributed by atoms with E-state index in [-0.39, 0.29) is 12.0 Å². The Labute approximate surface area is 179 Å². The van der Waals surface area contributed by atoms with Crippen LogP contribution in [0.5, 0.6) is 5.75 Å². The normalized spacial score (nSPS) is 11.1. The van der Waals surface area contributed by atoms with Crippen molar-refractivity contribution in [1.29, 1.82) is 0 Å². The molecule has 0 unspecified atom stereocenters. The number of anilines is 1. The third-order valence-electron chi connectivity index (χ3n) is 4.43. The van der Waals surface area contributed by atoms with Crippen LogP contribution in [0.2, 0.25) is 5.02 Å². The van der Waals surface area contributed by atoms with Gasteiger partial charge < -0.3 is 14.5 Å². The molecule has 30 heavy (non-hydrogen) atoms. The van der Waals surface area contributed by atoms with E-state index in [0.717, 1.165) is 11.1 Å². The number of amides is 1. The molecule has 1 aromatic heterocycles. The first kappa shape index (κ1) is 20.0. The first-order valence-corrected chi connectivity index (χ1v) is 10.1. The van der Waals surface area contributed by atoms with Gasteiger partial charge in [-0.2, -0.15) is 0 Å². The fourth-order valence-corrected chi connectivity index (χ4v) is 3.26. The number of oxazole rings is 1. The molecule has 0 spiro atoms. The Hall–Kier alpha value is -3.31. The molecule has 1 heterocycles. The van der Waals surface area contributed by atoms with Gasteiger partial charge in [0.2, 0.25) is 0 Å². The van der Waals surface area contributed by atoms with Gasteiger partial charge in [-0.05, 0) is 67.9 Å². The van der Waals surface area contributed by atoms with Crippen molar-refractivity contribution in [2.75, 3.05) is 5.32 Å². The van der Waals surface area contributed by atoms with Crippen molar-refractivity contribution >= 4 is 34.3 Å². The molecule has 0 saturated heterocycles. The van der Waals surface area contributed by atoms with Gasteiger partial charge in [0, 0.05) is 22.7 Å². The van der Waals surface area contributed by atoms with Crippen molar-refractivity contribution in [1.82, 2.24) is 4.98 Å². The summed E-state index contributed by atoms with van der Waals surface area (Å²) < 4.78 is 11.4. The fraction of sp³-hybridized carbons (Fsp3) is 0.167. The molecule has 4 aromatic rings. The third-order valence-corrected chi connectivity index (χ3v) is 4.66. The predicted molar refractivity (Wildman–Crippen MR) is 118 cm³/mol. The molecule has 0 aliphatic rings. The number of ether oxygens (including phenoxy) is 1. The van der Waals surface area contributed by atoms with E-state index in [9.17, 15) is 4.79 Å². The molecule has 6 heteroatoms. The molecule has 0 aliphatic carbocycles. The van der Waals surface area contributed by atoms with Crippen molar-refractivity contribution < 1.29 is 13.9 Å². The van der Waals surface area contributed by atoms with E-state index < -0.39 is 0 Å². The highest BCUT2D eigenvalue weighted by molar-refractivity contribution is 6.31. The number of nitrogens with zero attached hydrogens (tertiary/aromatic N) is 1. The molecule has 1 N–H and O–H groups in total. The van der Waals surface area contributed by atoms with Crippen molar-refractivity contribution in [3.05, 3.63) is 88.8 Å². The lowest BCUT2D eigenvalue weighted by atomic mass is 10.1. The van der Waals surface area contributed by atoms with Crippen LogP contribution in [0.25, 0.3) is 11.1 Å². The molecule has 152 valence electrons. The van der Waals surface area contributed by atoms with Crippen LogP contribution >= 0.6 is 11.6 Å². The lowest BCUT2D eigenvalue weighted by Gasteiger charge is -2.11. The summed E-state index contributed by atoms with van der Waals surface area (Å²) in [5, 5.41) is 3.54. The first-order valence-electron chi connectivity index (χ1n) is 9.68. The number of carbonyl (C=O) groups is 1. The average Bonchev–Trinajstić information content (AvgIpc) is 3.10. The van der Waals surface area contributed by atoms with E-state index >= 15 is 0 Å². The van der Waals surface area contributed by atoms with Gasteiger partial charge in [0.1, 0.15) is 11.3 Å². The van der Waals surface area contributed by atoms with Gasteiger partial charge in [0.25, 0.3) is 5.91 Å². The number of nitrogens with one attached hydrogen (secondary N) is 1. The van der Waals surface area contributed by atoms with Crippen LogP contribution in [0, 0.1) is 0 Å². The molecule has 0 atom stereocenters. The van der Waals surface area contributed by atoms with Gasteiger partial charge >= 0.3 is 0 Å². The Morgan fingerprint density at radius 1 is 1.10 bits per heavy atom. The standard InChI is InChI=1S/C24H21ClN2O3/c1-15(2)29-20-5-3-4-17(13-20)24(28)26-19-9-6-16(7-10-19)12-23-27-21-14-18(25)8-11-22(21)30-23/h3-11,13-15H,12H2,1-2H3,(H,26,28). The van der Waals surface area contributed by atoms with Gasteiger partial charge in [-0.1, -0.05) is 29.8 Å². The molecule has 0 saturated carbocycles. The van der Waals surface area contributed by atoms with E-state index in [1.807, 2.05) is 56.3 Å². The highest BCUT2D eigenvalue weighted by Gasteiger charge is 2.10. The van der Waals surface area contributed by atoms with Crippen LogP contribution in [0.3, 0.4) is 0 Å². The molecular formula is C24H21ClN2O3. The summed E-state index contributed by atoms with van der Waals surface area (Å²) in [7, 11) is 0. The molecule has 5 nitrogen and oxygen atoms in total. The topological polar surface area (TPSA) is 64.4 Å². The third kappa shape index (κ3) is 4.81. The first-order chi connectivity index (χ1) is 14.5. The Bertz CT molecular complexity index is 1180.